The smallest absolute Gasteiger partial charge is 0.189 e. The Morgan fingerprint density at radius 3 is 3.15 bits per heavy atom. The number of rotatable bonds is 1. The van der Waals surface area contributed by atoms with E-state index in [4.69, 9.17) is 5.73 Å². The Balaban J connectivity index is 2.19. The van der Waals surface area contributed by atoms with Crippen molar-refractivity contribution in [2.75, 3.05) is 6.54 Å². The molecule has 1 aromatic heterocycles. The second-order valence-corrected chi connectivity index (χ2v) is 4.17. The number of aryl methyl sites for hydroxylation is 1. The number of guanidine groups is 1. The van der Waals surface area contributed by atoms with Gasteiger partial charge in [0.15, 0.2) is 5.96 Å². The topological polar surface area (TPSA) is 50.4 Å². The van der Waals surface area contributed by atoms with E-state index in [1.165, 1.54) is 10.4 Å². The average molecular weight is 195 g/mol. The zero-order chi connectivity index (χ0) is 9.26. The lowest BCUT2D eigenvalue weighted by Crippen LogP contribution is -2.38. The predicted octanol–water partition coefficient (Wildman–Crippen LogP) is 1.41. The first-order chi connectivity index (χ1) is 6.27. The van der Waals surface area contributed by atoms with Gasteiger partial charge in [-0.05, 0) is 30.4 Å². The van der Waals surface area contributed by atoms with Crippen molar-refractivity contribution in [3.05, 3.63) is 21.9 Å². The molecule has 3 N–H and O–H groups in total. The minimum absolute atomic E-state index is 0.373. The molecule has 70 valence electrons. The van der Waals surface area contributed by atoms with E-state index < -0.39 is 0 Å². The van der Waals surface area contributed by atoms with Crippen LogP contribution in [0.5, 0.6) is 0 Å². The van der Waals surface area contributed by atoms with Crippen LogP contribution in [0.4, 0.5) is 0 Å². The summed E-state index contributed by atoms with van der Waals surface area (Å²) in [5, 5.41) is 5.32. The maximum absolute atomic E-state index is 5.62. The summed E-state index contributed by atoms with van der Waals surface area (Å²) in [6.07, 6.45) is 1.04. The lowest BCUT2D eigenvalue weighted by Gasteiger charge is -2.22. The van der Waals surface area contributed by atoms with Crippen LogP contribution in [0.3, 0.4) is 0 Å². The first-order valence-corrected chi connectivity index (χ1v) is 5.26. The van der Waals surface area contributed by atoms with Crippen LogP contribution in [0.15, 0.2) is 16.4 Å². The molecule has 0 radical (unpaired) electrons. The van der Waals surface area contributed by atoms with Crippen molar-refractivity contribution < 1.29 is 0 Å². The van der Waals surface area contributed by atoms with Gasteiger partial charge >= 0.3 is 0 Å². The number of thiophene rings is 1. The molecule has 1 atom stereocenters. The van der Waals surface area contributed by atoms with Crippen molar-refractivity contribution in [3.63, 3.8) is 0 Å². The third kappa shape index (κ3) is 1.67. The van der Waals surface area contributed by atoms with E-state index in [1.54, 1.807) is 11.3 Å². The van der Waals surface area contributed by atoms with Gasteiger partial charge in [0, 0.05) is 11.4 Å². The Bertz CT molecular complexity index is 329. The zero-order valence-corrected chi connectivity index (χ0v) is 8.40. The van der Waals surface area contributed by atoms with Gasteiger partial charge < -0.3 is 11.1 Å². The van der Waals surface area contributed by atoms with Gasteiger partial charge in [-0.1, -0.05) is 0 Å². The monoisotopic (exact) mass is 195 g/mol. The third-order valence-corrected chi connectivity index (χ3v) is 3.37. The van der Waals surface area contributed by atoms with Gasteiger partial charge in [0.1, 0.15) is 0 Å². The first-order valence-electron chi connectivity index (χ1n) is 4.38. The van der Waals surface area contributed by atoms with Crippen LogP contribution < -0.4 is 11.1 Å². The SMILES string of the molecule is Cc1ccsc1C1CCN=C(N)N1. The fraction of sp³-hybridized carbons (Fsp3) is 0.444. The molecule has 2 rings (SSSR count). The lowest BCUT2D eigenvalue weighted by atomic mass is 10.1. The van der Waals surface area contributed by atoms with Gasteiger partial charge in [-0.3, -0.25) is 4.99 Å². The highest BCUT2D eigenvalue weighted by atomic mass is 32.1. The van der Waals surface area contributed by atoms with Crippen LogP contribution in [0, 0.1) is 6.92 Å². The number of aliphatic imine (C=N–C) groups is 1. The lowest BCUT2D eigenvalue weighted by molar-refractivity contribution is 0.575. The van der Waals surface area contributed by atoms with Crippen LogP contribution in [-0.2, 0) is 0 Å². The van der Waals surface area contributed by atoms with Crippen molar-refractivity contribution >= 4 is 17.3 Å². The highest BCUT2D eigenvalue weighted by Gasteiger charge is 2.18. The van der Waals surface area contributed by atoms with E-state index in [1.807, 2.05) is 0 Å². The molecule has 0 saturated heterocycles. The predicted molar refractivity (Wildman–Crippen MR) is 56.0 cm³/mol. The van der Waals surface area contributed by atoms with Crippen molar-refractivity contribution in [3.8, 4) is 0 Å². The number of hydrogen-bond donors (Lipinski definition) is 2. The molecule has 0 fully saturated rings. The summed E-state index contributed by atoms with van der Waals surface area (Å²) in [6.45, 7) is 2.97. The fourth-order valence-electron chi connectivity index (χ4n) is 1.55. The molecule has 1 unspecified atom stereocenters. The summed E-state index contributed by atoms with van der Waals surface area (Å²) in [5.74, 6) is 0.573. The summed E-state index contributed by atoms with van der Waals surface area (Å²) in [5.41, 5.74) is 6.97. The Morgan fingerprint density at radius 2 is 2.54 bits per heavy atom. The molecule has 3 nitrogen and oxygen atoms in total. The summed E-state index contributed by atoms with van der Waals surface area (Å²) < 4.78 is 0. The van der Waals surface area contributed by atoms with E-state index in [-0.39, 0.29) is 0 Å². The Kier molecular flexibility index (Phi) is 2.22. The molecule has 0 spiro atoms. The highest BCUT2D eigenvalue weighted by Crippen LogP contribution is 2.27. The molecule has 2 heterocycles. The Labute approximate surface area is 81.7 Å². The van der Waals surface area contributed by atoms with Crippen LogP contribution in [-0.4, -0.2) is 12.5 Å². The normalized spacial score (nSPS) is 22.2. The van der Waals surface area contributed by atoms with Crippen LogP contribution >= 0.6 is 11.3 Å². The minimum atomic E-state index is 0.373. The molecule has 13 heavy (non-hydrogen) atoms. The molecule has 4 heteroatoms. The second-order valence-electron chi connectivity index (χ2n) is 3.22. The van der Waals surface area contributed by atoms with Gasteiger partial charge in [-0.25, -0.2) is 0 Å². The molecule has 0 bridgehead atoms. The van der Waals surface area contributed by atoms with Gasteiger partial charge in [0.25, 0.3) is 0 Å². The second kappa shape index (κ2) is 3.38. The van der Waals surface area contributed by atoms with E-state index >= 15 is 0 Å². The number of nitrogens with one attached hydrogen (secondary N) is 1. The molecule has 1 aliphatic heterocycles. The Hall–Kier alpha value is -1.03. The molecule has 1 aromatic rings. The largest absolute Gasteiger partial charge is 0.370 e. The third-order valence-electron chi connectivity index (χ3n) is 2.24. The summed E-state index contributed by atoms with van der Waals surface area (Å²) in [6, 6.07) is 2.52. The van der Waals surface area contributed by atoms with E-state index in [0.717, 1.165) is 13.0 Å². The molecule has 0 aliphatic carbocycles. The van der Waals surface area contributed by atoms with Gasteiger partial charge in [0.05, 0.1) is 6.04 Å². The molecule has 0 saturated carbocycles. The number of nitrogens with two attached hydrogens (primary N) is 1. The fourth-order valence-corrected chi connectivity index (χ4v) is 2.56. The quantitative estimate of drug-likeness (QED) is 0.711. The van der Waals surface area contributed by atoms with Crippen molar-refractivity contribution in [2.24, 2.45) is 10.7 Å². The van der Waals surface area contributed by atoms with Crippen LogP contribution in [0.25, 0.3) is 0 Å². The van der Waals surface area contributed by atoms with Crippen molar-refractivity contribution in [1.82, 2.24) is 5.32 Å². The zero-order valence-electron chi connectivity index (χ0n) is 7.58. The van der Waals surface area contributed by atoms with Crippen LogP contribution in [0.1, 0.15) is 22.9 Å². The molecule has 0 aromatic carbocycles. The Morgan fingerprint density at radius 1 is 1.69 bits per heavy atom. The molecule has 1 aliphatic rings. The van der Waals surface area contributed by atoms with Crippen molar-refractivity contribution in [2.45, 2.75) is 19.4 Å². The van der Waals surface area contributed by atoms with Crippen LogP contribution in [0.2, 0.25) is 0 Å². The number of nitrogens with zero attached hydrogens (tertiary/aromatic N) is 1. The average Bonchev–Trinajstić information content (AvgIpc) is 2.51. The van der Waals surface area contributed by atoms with E-state index in [2.05, 4.69) is 28.7 Å². The standard InChI is InChI=1S/C9H13N3S/c1-6-3-5-13-8(6)7-2-4-11-9(10)12-7/h3,5,7H,2,4H2,1H3,(H3,10,11,12). The summed E-state index contributed by atoms with van der Waals surface area (Å²) in [7, 11) is 0. The van der Waals surface area contributed by atoms with Crippen molar-refractivity contribution in [1.29, 1.82) is 0 Å². The number of hydrogen-bond acceptors (Lipinski definition) is 4. The van der Waals surface area contributed by atoms with E-state index in [9.17, 15) is 0 Å². The first kappa shape index (κ1) is 8.56. The van der Waals surface area contributed by atoms with Gasteiger partial charge in [-0.15, -0.1) is 11.3 Å². The highest BCUT2D eigenvalue weighted by molar-refractivity contribution is 7.10. The minimum Gasteiger partial charge on any atom is -0.370 e. The maximum atomic E-state index is 5.62. The molecular formula is C9H13N3S. The molecule has 0 amide bonds. The van der Waals surface area contributed by atoms with Gasteiger partial charge in [0.2, 0.25) is 0 Å². The van der Waals surface area contributed by atoms with E-state index in [0.29, 0.717) is 12.0 Å². The summed E-state index contributed by atoms with van der Waals surface area (Å²) in [4.78, 5) is 5.49. The molecular weight excluding hydrogens is 182 g/mol. The van der Waals surface area contributed by atoms with Gasteiger partial charge in [-0.2, -0.15) is 0 Å². The maximum Gasteiger partial charge on any atom is 0.189 e. The summed E-state index contributed by atoms with van der Waals surface area (Å²) >= 11 is 1.79.